The Morgan fingerprint density at radius 1 is 0.222 bits per heavy atom. The maximum Gasteiger partial charge on any atom is 2.00 e. The minimum Gasteiger partial charge on any atom is -1.00 e. The van der Waals surface area contributed by atoms with Crippen LogP contribution < -0.4 is 28.2 Å². The van der Waals surface area contributed by atoms with E-state index < -0.39 is 0 Å². The summed E-state index contributed by atoms with van der Waals surface area (Å²) in [7, 11) is 0. The molecule has 9 heteroatoms. The Kier molecular flexibility index (Phi) is 12500. The Hall–Kier alpha value is 1.57. The van der Waals surface area contributed by atoms with Gasteiger partial charge in [-0.15, -0.1) is 0 Å². The molecule has 72 valence electrons. The van der Waals surface area contributed by atoms with Crippen molar-refractivity contribution in [1.82, 2.24) is 0 Å². The van der Waals surface area contributed by atoms with E-state index in [0.717, 1.165) is 0 Å². The molecule has 9 heavy (non-hydrogen) atoms. The molecular formula is F6Pd3. The fraction of sp³-hybridized carbons (Fsp3) is 0. The van der Waals surface area contributed by atoms with Crippen LogP contribution in [0.15, 0.2) is 0 Å². The van der Waals surface area contributed by atoms with Crippen molar-refractivity contribution in [3.63, 3.8) is 0 Å². The van der Waals surface area contributed by atoms with Gasteiger partial charge in [0.1, 0.15) is 0 Å². The van der Waals surface area contributed by atoms with Crippen LogP contribution in [0.1, 0.15) is 0 Å². The molecule has 0 saturated heterocycles. The SMILES string of the molecule is [F-].[F-].[F-].[F-].[F-].[F-].[Pd+2].[Pd+2].[Pd+2]. The zero-order chi connectivity index (χ0) is 0. The molecule has 0 aliphatic rings. The Morgan fingerprint density at radius 3 is 0.222 bits per heavy atom. The Balaban J connectivity index is 0. The maximum absolute atomic E-state index is 0. The summed E-state index contributed by atoms with van der Waals surface area (Å²) in [6.07, 6.45) is 0. The summed E-state index contributed by atoms with van der Waals surface area (Å²) in [4.78, 5) is 0. The summed E-state index contributed by atoms with van der Waals surface area (Å²) in [6.45, 7) is 0. The second-order valence-corrected chi connectivity index (χ2v) is 0. The van der Waals surface area contributed by atoms with Gasteiger partial charge < -0.3 is 28.2 Å². The van der Waals surface area contributed by atoms with E-state index in [1.165, 1.54) is 0 Å². The van der Waals surface area contributed by atoms with Gasteiger partial charge in [0.15, 0.2) is 0 Å². The van der Waals surface area contributed by atoms with Crippen molar-refractivity contribution in [3.05, 3.63) is 0 Å². The predicted molar refractivity (Wildman–Crippen MR) is 0 cm³/mol. The zero-order valence-electron chi connectivity index (χ0n) is 3.22. The van der Waals surface area contributed by atoms with Gasteiger partial charge in [-0.2, -0.15) is 0 Å². The van der Waals surface area contributed by atoms with Crippen LogP contribution >= 0.6 is 0 Å². The van der Waals surface area contributed by atoms with Crippen LogP contribution in [0.4, 0.5) is 0 Å². The molecule has 0 radical (unpaired) electrons. The molecule has 0 aromatic carbocycles. The molecule has 0 rings (SSSR count). The van der Waals surface area contributed by atoms with Crippen molar-refractivity contribution in [2.24, 2.45) is 0 Å². The summed E-state index contributed by atoms with van der Waals surface area (Å²) in [5.41, 5.74) is 0. The molecule has 0 saturated carbocycles. The first-order valence-corrected chi connectivity index (χ1v) is 0. The van der Waals surface area contributed by atoms with Gasteiger partial charge in [0.05, 0.1) is 0 Å². The summed E-state index contributed by atoms with van der Waals surface area (Å²) >= 11 is 0. The molecule has 0 nitrogen and oxygen atoms in total. The van der Waals surface area contributed by atoms with Crippen molar-refractivity contribution in [2.75, 3.05) is 0 Å². The average molecular weight is 433 g/mol. The van der Waals surface area contributed by atoms with Gasteiger partial charge in [-0.05, 0) is 0 Å². The molecule has 0 aliphatic carbocycles. The molecule has 0 heterocycles. The number of halogens is 6. The van der Waals surface area contributed by atoms with E-state index in [1.807, 2.05) is 0 Å². The maximum atomic E-state index is 0. The minimum atomic E-state index is 0. The molecular weight excluding hydrogens is 433 g/mol. The number of rotatable bonds is 0. The van der Waals surface area contributed by atoms with Gasteiger partial charge in [-0.25, -0.2) is 0 Å². The van der Waals surface area contributed by atoms with Crippen LogP contribution in [0.5, 0.6) is 0 Å². The Labute approximate surface area is 89.1 Å². The van der Waals surface area contributed by atoms with E-state index in [1.54, 1.807) is 0 Å². The van der Waals surface area contributed by atoms with E-state index in [9.17, 15) is 0 Å². The molecule has 0 spiro atoms. The third-order valence-corrected chi connectivity index (χ3v) is 0. The average Bonchev–Trinajstić information content (AvgIpc) is 0. The zero-order valence-corrected chi connectivity index (χ0v) is 7.88. The van der Waals surface area contributed by atoms with Crippen LogP contribution in [0.3, 0.4) is 0 Å². The first-order valence-electron chi connectivity index (χ1n) is 0. The largest absolute Gasteiger partial charge is 2.00 e. The summed E-state index contributed by atoms with van der Waals surface area (Å²) in [5, 5.41) is 0. The van der Waals surface area contributed by atoms with Crippen molar-refractivity contribution in [1.29, 1.82) is 0 Å². The van der Waals surface area contributed by atoms with E-state index in [-0.39, 0.29) is 89.5 Å². The van der Waals surface area contributed by atoms with Gasteiger partial charge in [0.2, 0.25) is 0 Å². The molecule has 0 fully saturated rings. The van der Waals surface area contributed by atoms with E-state index in [2.05, 4.69) is 0 Å². The Morgan fingerprint density at radius 2 is 0.222 bits per heavy atom. The first kappa shape index (κ1) is 394. The summed E-state index contributed by atoms with van der Waals surface area (Å²) in [6, 6.07) is 0. The molecule has 0 aliphatic heterocycles. The van der Waals surface area contributed by atoms with Crippen LogP contribution in [-0.4, -0.2) is 0 Å². The van der Waals surface area contributed by atoms with Gasteiger partial charge in [-0.1, -0.05) is 0 Å². The quantitative estimate of drug-likeness (QED) is 0.263. The molecule has 0 N–H and O–H groups in total. The van der Waals surface area contributed by atoms with Crippen LogP contribution in [0.25, 0.3) is 0 Å². The standard InChI is InChI=1S/6FH.3Pd/h6*1H;;;/q;;;;;;3*+2/p-6. The van der Waals surface area contributed by atoms with Crippen LogP contribution in [0.2, 0.25) is 0 Å². The van der Waals surface area contributed by atoms with Crippen LogP contribution in [0, 0.1) is 0 Å². The van der Waals surface area contributed by atoms with Crippen LogP contribution in [-0.2, 0) is 61.3 Å². The smallest absolute Gasteiger partial charge is 1.00 e. The second-order valence-electron chi connectivity index (χ2n) is 0. The predicted octanol–water partition coefficient (Wildman–Crippen LogP) is -18.0. The Bertz CT molecular complexity index is 8.26. The molecule has 0 atom stereocenters. The second kappa shape index (κ2) is 286. The number of hydrogen-bond acceptors (Lipinski definition) is 0. The third-order valence-electron chi connectivity index (χ3n) is 0. The van der Waals surface area contributed by atoms with Gasteiger partial charge in [0, 0.05) is 0 Å². The van der Waals surface area contributed by atoms with Gasteiger partial charge >= 0.3 is 61.3 Å². The van der Waals surface area contributed by atoms with E-state index in [4.69, 9.17) is 0 Å². The van der Waals surface area contributed by atoms with Crippen molar-refractivity contribution in [2.45, 2.75) is 0 Å². The van der Waals surface area contributed by atoms with Gasteiger partial charge in [0.25, 0.3) is 0 Å². The van der Waals surface area contributed by atoms with E-state index >= 15 is 0 Å². The number of hydrogen-bond donors (Lipinski definition) is 0. The summed E-state index contributed by atoms with van der Waals surface area (Å²) < 4.78 is 0. The fourth-order valence-corrected chi connectivity index (χ4v) is 0. The van der Waals surface area contributed by atoms with Crippen molar-refractivity contribution in [3.8, 4) is 0 Å². The van der Waals surface area contributed by atoms with E-state index in [0.29, 0.717) is 0 Å². The molecule has 0 aromatic rings. The molecule has 0 unspecified atom stereocenters. The topological polar surface area (TPSA) is 0 Å². The summed E-state index contributed by atoms with van der Waals surface area (Å²) in [5.74, 6) is 0. The van der Waals surface area contributed by atoms with Crippen molar-refractivity contribution >= 4 is 0 Å². The minimum absolute atomic E-state index is 0. The van der Waals surface area contributed by atoms with Crippen molar-refractivity contribution < 1.29 is 89.5 Å². The molecule has 0 amide bonds. The normalized spacial score (nSPS) is 0. The fourth-order valence-electron chi connectivity index (χ4n) is 0. The monoisotopic (exact) mass is 432 g/mol. The third kappa shape index (κ3) is 223. The molecule has 0 aromatic heterocycles. The van der Waals surface area contributed by atoms with Gasteiger partial charge in [-0.3, -0.25) is 0 Å². The first-order chi connectivity index (χ1) is 0. The molecule has 0 bridgehead atoms.